The van der Waals surface area contributed by atoms with Crippen LogP contribution in [0.25, 0.3) is 11.0 Å². The monoisotopic (exact) mass is 396 g/mol. The van der Waals surface area contributed by atoms with Gasteiger partial charge in [-0.2, -0.15) is 5.10 Å². The number of likely N-dealkylation sites (tertiary alicyclic amines) is 1. The Morgan fingerprint density at radius 1 is 1.28 bits per heavy atom. The van der Waals surface area contributed by atoms with Crippen LogP contribution in [0.1, 0.15) is 31.9 Å². The Morgan fingerprint density at radius 3 is 2.83 bits per heavy atom. The van der Waals surface area contributed by atoms with Gasteiger partial charge in [-0.3, -0.25) is 14.8 Å². The highest BCUT2D eigenvalue weighted by atomic mass is 19.1. The van der Waals surface area contributed by atoms with E-state index < -0.39 is 0 Å². The van der Waals surface area contributed by atoms with Crippen molar-refractivity contribution in [1.29, 1.82) is 0 Å². The summed E-state index contributed by atoms with van der Waals surface area (Å²) in [6.45, 7) is 6.07. The number of fused-ring (bicyclic) bond motifs is 1. The summed E-state index contributed by atoms with van der Waals surface area (Å²) in [4.78, 5) is 19.2. The summed E-state index contributed by atoms with van der Waals surface area (Å²) in [5, 5.41) is 14.4. The Balaban J connectivity index is 1.36. The van der Waals surface area contributed by atoms with Crippen molar-refractivity contribution < 1.29 is 9.18 Å². The molecule has 0 aliphatic carbocycles. The van der Waals surface area contributed by atoms with E-state index in [1.807, 2.05) is 0 Å². The molecule has 3 N–H and O–H groups in total. The third kappa shape index (κ3) is 4.54. The zero-order valence-electron chi connectivity index (χ0n) is 16.6. The molecule has 29 heavy (non-hydrogen) atoms. The van der Waals surface area contributed by atoms with Gasteiger partial charge in [-0.15, -0.1) is 0 Å². The first-order valence-corrected chi connectivity index (χ1v) is 9.87. The van der Waals surface area contributed by atoms with E-state index in [0.717, 1.165) is 42.1 Å². The fraction of sp³-hybridized carbons (Fsp3) is 0.381. The van der Waals surface area contributed by atoms with Gasteiger partial charge in [0.05, 0.1) is 11.9 Å². The molecule has 3 aromatic rings. The van der Waals surface area contributed by atoms with Crippen LogP contribution in [-0.4, -0.2) is 51.7 Å². The third-order valence-electron chi connectivity index (χ3n) is 5.06. The molecule has 0 unspecified atom stereocenters. The van der Waals surface area contributed by atoms with Crippen LogP contribution in [0, 0.1) is 5.82 Å². The Hall–Kier alpha value is -3.00. The SMILES string of the molecule is CC(C)Nc1n[nH]c2nc([C@@H]3CCN(CC(=O)Nc4ccc(F)cc4)C3)ccc12. The van der Waals surface area contributed by atoms with Crippen LogP contribution in [0.2, 0.25) is 0 Å². The number of hydrogen-bond donors (Lipinski definition) is 3. The lowest BCUT2D eigenvalue weighted by Gasteiger charge is -2.15. The van der Waals surface area contributed by atoms with Crippen LogP contribution in [0.5, 0.6) is 0 Å². The van der Waals surface area contributed by atoms with Crippen LogP contribution < -0.4 is 10.6 Å². The van der Waals surface area contributed by atoms with E-state index in [0.29, 0.717) is 18.3 Å². The molecule has 7 nitrogen and oxygen atoms in total. The van der Waals surface area contributed by atoms with Crippen molar-refractivity contribution in [2.75, 3.05) is 30.3 Å². The van der Waals surface area contributed by atoms with E-state index >= 15 is 0 Å². The number of benzene rings is 1. The van der Waals surface area contributed by atoms with Gasteiger partial charge in [0.1, 0.15) is 5.82 Å². The molecule has 1 fully saturated rings. The summed E-state index contributed by atoms with van der Waals surface area (Å²) in [5.74, 6) is 0.681. The molecule has 2 aromatic heterocycles. The van der Waals surface area contributed by atoms with Gasteiger partial charge >= 0.3 is 0 Å². The van der Waals surface area contributed by atoms with Crippen molar-refractivity contribution in [2.45, 2.75) is 32.2 Å². The minimum absolute atomic E-state index is 0.0985. The Bertz CT molecular complexity index is 1000. The summed E-state index contributed by atoms with van der Waals surface area (Å²) in [6, 6.07) is 10.2. The largest absolute Gasteiger partial charge is 0.366 e. The molecule has 0 radical (unpaired) electrons. The highest BCUT2D eigenvalue weighted by molar-refractivity contribution is 5.92. The predicted molar refractivity (Wildman–Crippen MR) is 111 cm³/mol. The van der Waals surface area contributed by atoms with Crippen molar-refractivity contribution in [3.05, 3.63) is 47.9 Å². The van der Waals surface area contributed by atoms with Gasteiger partial charge in [-0.05, 0) is 63.2 Å². The van der Waals surface area contributed by atoms with Gasteiger partial charge in [0.25, 0.3) is 0 Å². The van der Waals surface area contributed by atoms with Crippen molar-refractivity contribution in [1.82, 2.24) is 20.1 Å². The Morgan fingerprint density at radius 2 is 2.07 bits per heavy atom. The topological polar surface area (TPSA) is 85.9 Å². The number of carbonyl (C=O) groups is 1. The molecule has 1 amide bonds. The summed E-state index contributed by atoms with van der Waals surface area (Å²) in [5.41, 5.74) is 2.39. The number of anilines is 2. The maximum Gasteiger partial charge on any atom is 0.238 e. The molecular formula is C21H25FN6O. The molecule has 8 heteroatoms. The zero-order valence-corrected chi connectivity index (χ0v) is 16.6. The molecule has 0 saturated carbocycles. The number of nitrogens with zero attached hydrogens (tertiary/aromatic N) is 3. The van der Waals surface area contributed by atoms with E-state index in [2.05, 4.69) is 51.7 Å². The first-order valence-electron chi connectivity index (χ1n) is 9.87. The molecule has 1 aliphatic heterocycles. The van der Waals surface area contributed by atoms with Crippen LogP contribution >= 0.6 is 0 Å². The van der Waals surface area contributed by atoms with Gasteiger partial charge in [-0.1, -0.05) is 0 Å². The molecule has 1 aliphatic rings. The Labute approximate surface area is 168 Å². The number of halogens is 1. The van der Waals surface area contributed by atoms with Crippen molar-refractivity contribution in [2.24, 2.45) is 0 Å². The third-order valence-corrected chi connectivity index (χ3v) is 5.06. The van der Waals surface area contributed by atoms with Crippen molar-refractivity contribution in [3.8, 4) is 0 Å². The fourth-order valence-electron chi connectivity index (χ4n) is 3.68. The smallest absolute Gasteiger partial charge is 0.238 e. The highest BCUT2D eigenvalue weighted by Gasteiger charge is 2.26. The molecule has 4 rings (SSSR count). The summed E-state index contributed by atoms with van der Waals surface area (Å²) in [6.07, 6.45) is 0.952. The van der Waals surface area contributed by atoms with Gasteiger partial charge < -0.3 is 10.6 Å². The summed E-state index contributed by atoms with van der Waals surface area (Å²) >= 11 is 0. The lowest BCUT2D eigenvalue weighted by atomic mass is 10.0. The maximum absolute atomic E-state index is 13.0. The van der Waals surface area contributed by atoms with Gasteiger partial charge in [-0.25, -0.2) is 9.37 Å². The number of H-pyrrole nitrogens is 1. The molecule has 1 atom stereocenters. The molecule has 0 bridgehead atoms. The van der Waals surface area contributed by atoms with Crippen LogP contribution in [0.4, 0.5) is 15.9 Å². The first kappa shape index (κ1) is 19.3. The van der Waals surface area contributed by atoms with Gasteiger partial charge in [0.2, 0.25) is 5.91 Å². The normalized spacial score (nSPS) is 17.2. The number of nitrogens with one attached hydrogen (secondary N) is 3. The lowest BCUT2D eigenvalue weighted by molar-refractivity contribution is -0.117. The second-order valence-corrected chi connectivity index (χ2v) is 7.78. The van der Waals surface area contributed by atoms with Crippen LogP contribution in [0.15, 0.2) is 36.4 Å². The lowest BCUT2D eigenvalue weighted by Crippen LogP contribution is -2.31. The van der Waals surface area contributed by atoms with Crippen LogP contribution in [-0.2, 0) is 4.79 Å². The predicted octanol–water partition coefficient (Wildman–Crippen LogP) is 3.35. The van der Waals surface area contributed by atoms with E-state index in [1.54, 1.807) is 12.1 Å². The van der Waals surface area contributed by atoms with Crippen LogP contribution in [0.3, 0.4) is 0 Å². The first-order chi connectivity index (χ1) is 14.0. The number of hydrogen-bond acceptors (Lipinski definition) is 5. The second-order valence-electron chi connectivity index (χ2n) is 7.78. The Kier molecular flexibility index (Phi) is 5.44. The fourth-order valence-corrected chi connectivity index (χ4v) is 3.68. The zero-order chi connectivity index (χ0) is 20.4. The van der Waals surface area contributed by atoms with Crippen molar-refractivity contribution >= 4 is 28.4 Å². The molecule has 152 valence electrons. The molecular weight excluding hydrogens is 371 g/mol. The standard InChI is InChI=1S/C21H25FN6O/c1-13(2)23-20-17-7-8-18(25-21(17)27-26-20)14-9-10-28(11-14)12-19(29)24-16-5-3-15(22)4-6-16/h3-8,13-14H,9-12H2,1-2H3,(H,24,29)(H2,23,25,26,27)/t14-/m1/s1. The summed E-state index contributed by atoms with van der Waals surface area (Å²) in [7, 11) is 0. The minimum Gasteiger partial charge on any atom is -0.366 e. The average molecular weight is 396 g/mol. The number of pyridine rings is 1. The van der Waals surface area contributed by atoms with E-state index in [4.69, 9.17) is 4.98 Å². The number of amides is 1. The van der Waals surface area contributed by atoms with E-state index in [1.165, 1.54) is 12.1 Å². The highest BCUT2D eigenvalue weighted by Crippen LogP contribution is 2.28. The van der Waals surface area contributed by atoms with E-state index in [9.17, 15) is 9.18 Å². The van der Waals surface area contributed by atoms with Crippen molar-refractivity contribution in [3.63, 3.8) is 0 Å². The second kappa shape index (κ2) is 8.16. The number of rotatable bonds is 6. The number of aromatic nitrogens is 3. The molecule has 1 saturated heterocycles. The van der Waals surface area contributed by atoms with Gasteiger partial charge in [0.15, 0.2) is 11.5 Å². The summed E-state index contributed by atoms with van der Waals surface area (Å²) < 4.78 is 13.0. The number of carbonyl (C=O) groups excluding carboxylic acids is 1. The molecule has 0 spiro atoms. The quantitative estimate of drug-likeness (QED) is 0.595. The van der Waals surface area contributed by atoms with E-state index in [-0.39, 0.29) is 17.6 Å². The maximum atomic E-state index is 13.0. The average Bonchev–Trinajstić information content (AvgIpc) is 3.30. The minimum atomic E-state index is -0.320. The number of aromatic amines is 1. The van der Waals surface area contributed by atoms with Gasteiger partial charge in [0, 0.05) is 29.9 Å². The molecule has 1 aromatic carbocycles. The molecule has 3 heterocycles.